The third kappa shape index (κ3) is 9.42. The number of fused-ring (bicyclic) bond motifs is 1. The molecule has 0 bridgehead atoms. The van der Waals surface area contributed by atoms with Gasteiger partial charge in [0.1, 0.15) is 11.6 Å². The van der Waals surface area contributed by atoms with Crippen molar-refractivity contribution in [3.05, 3.63) is 192 Å². The van der Waals surface area contributed by atoms with E-state index in [2.05, 4.69) is 252 Å². The molecule has 69 heavy (non-hydrogen) atoms. The van der Waals surface area contributed by atoms with Gasteiger partial charge in [0.25, 0.3) is 0 Å². The third-order valence-electron chi connectivity index (χ3n) is 13.7. The first kappa shape index (κ1) is 47.0. The number of hydrogen-bond donors (Lipinski definition) is 1. The summed E-state index contributed by atoms with van der Waals surface area (Å²) in [6.07, 6.45) is 1.91. The molecule has 9 aromatic rings. The monoisotopic (exact) mass is 906 g/mol. The fraction of sp³-hybridized carbons (Fsp3) is 0.262. The maximum Gasteiger partial charge on any atom is 0.149 e. The summed E-state index contributed by atoms with van der Waals surface area (Å²) in [5.74, 6) is 0.943. The van der Waals surface area contributed by atoms with Gasteiger partial charge in [-0.15, -0.1) is 0 Å². The Morgan fingerprint density at radius 3 is 1.67 bits per heavy atom. The molecule has 0 saturated heterocycles. The summed E-state index contributed by atoms with van der Waals surface area (Å²) in [5, 5.41) is 12.7. The molecule has 0 atom stereocenters. The molecule has 0 spiro atoms. The first-order chi connectivity index (χ1) is 32.5. The fourth-order valence-corrected chi connectivity index (χ4v) is 9.39. The number of para-hydroxylation sites is 1. The summed E-state index contributed by atoms with van der Waals surface area (Å²) in [6, 6.07) is 57.2. The summed E-state index contributed by atoms with van der Waals surface area (Å²) >= 11 is 0. The summed E-state index contributed by atoms with van der Waals surface area (Å²) in [6.45, 7) is 29.0. The van der Waals surface area contributed by atoms with Gasteiger partial charge in [0.2, 0.25) is 0 Å². The molecule has 0 amide bonds. The fourth-order valence-electron chi connectivity index (χ4n) is 9.39. The number of nitrogens with zero attached hydrogens (tertiary/aromatic N) is 3. The van der Waals surface area contributed by atoms with E-state index in [1.807, 2.05) is 6.20 Å². The van der Waals surface area contributed by atoms with Gasteiger partial charge < -0.3 is 5.11 Å². The summed E-state index contributed by atoms with van der Waals surface area (Å²) in [4.78, 5) is 10.7. The average molecular weight is 906 g/mol. The first-order valence-corrected chi connectivity index (χ1v) is 24.4. The lowest BCUT2D eigenvalue weighted by Crippen LogP contribution is -2.17. The van der Waals surface area contributed by atoms with Crippen molar-refractivity contribution in [1.82, 2.24) is 14.5 Å². The van der Waals surface area contributed by atoms with E-state index < -0.39 is 0 Å². The van der Waals surface area contributed by atoms with Gasteiger partial charge in [-0.25, -0.2) is 4.98 Å². The third-order valence-corrected chi connectivity index (χ3v) is 13.7. The number of aryl methyl sites for hydroxylation is 1. The minimum atomic E-state index is -0.338. The van der Waals surface area contributed by atoms with Gasteiger partial charge in [-0.3, -0.25) is 9.55 Å². The SMILES string of the molecule is Cc1ccc(-c2ccnc(-c3cc(-c4ccccc4)cc(-c4cccc5c4nc(-c4cc(C(C)(C)C)cc(C(C)(C)C)c4O)n5-c4ccc(C(C)(C)C)cc4-c4ccc(C(C)(C)C)cc4)c3)c2)cc1. The standard InChI is InChI=1S/C65H67N3O/c1-41-22-24-43(25-23-41)45-32-33-66-56(37-45)48-35-46(42-18-15-14-16-19-42)34-47(36-48)52-20-17-21-58-59(52)67-61(54-39-51(64(8,9)10)40-55(60(54)69)65(11,12)13)68(58)57-31-30-50(63(5,6)7)38-53(57)44-26-28-49(29-27-44)62(2,3)4/h14-40,69H,1-13H3. The number of phenols is 1. The van der Waals surface area contributed by atoms with E-state index in [0.717, 1.165) is 83.6 Å². The number of aromatic nitrogens is 3. The van der Waals surface area contributed by atoms with Crippen LogP contribution >= 0.6 is 0 Å². The Kier molecular flexibility index (Phi) is 11.9. The van der Waals surface area contributed by atoms with E-state index in [0.29, 0.717) is 11.4 Å². The normalized spacial score (nSPS) is 12.5. The van der Waals surface area contributed by atoms with E-state index in [4.69, 9.17) is 9.97 Å². The number of phenolic OH excluding ortho intramolecular Hbond substituents is 1. The minimum Gasteiger partial charge on any atom is -0.507 e. The molecule has 0 aliphatic heterocycles. The van der Waals surface area contributed by atoms with Crippen LogP contribution in [0.25, 0.3) is 83.9 Å². The van der Waals surface area contributed by atoms with Crippen LogP contribution in [0, 0.1) is 6.92 Å². The van der Waals surface area contributed by atoms with E-state index in [1.165, 1.54) is 16.7 Å². The zero-order valence-corrected chi connectivity index (χ0v) is 42.9. The average Bonchev–Trinajstić information content (AvgIpc) is 3.70. The highest BCUT2D eigenvalue weighted by atomic mass is 16.3. The van der Waals surface area contributed by atoms with Gasteiger partial charge >= 0.3 is 0 Å². The molecule has 0 aliphatic carbocycles. The van der Waals surface area contributed by atoms with Crippen LogP contribution in [0.5, 0.6) is 5.75 Å². The van der Waals surface area contributed by atoms with Gasteiger partial charge in [-0.2, -0.15) is 0 Å². The Morgan fingerprint density at radius 2 is 1.01 bits per heavy atom. The van der Waals surface area contributed by atoms with Gasteiger partial charge in [0.05, 0.1) is 28.0 Å². The lowest BCUT2D eigenvalue weighted by atomic mass is 9.79. The number of pyridine rings is 1. The molecule has 4 nitrogen and oxygen atoms in total. The summed E-state index contributed by atoms with van der Waals surface area (Å²) in [5.41, 5.74) is 19.3. The van der Waals surface area contributed by atoms with Crippen LogP contribution in [0.15, 0.2) is 164 Å². The van der Waals surface area contributed by atoms with Crippen molar-refractivity contribution >= 4 is 11.0 Å². The zero-order chi connectivity index (χ0) is 49.2. The second kappa shape index (κ2) is 17.5. The molecule has 7 aromatic carbocycles. The molecular formula is C65H67N3O. The minimum absolute atomic E-state index is 0.0107. The molecule has 0 fully saturated rings. The molecule has 2 heterocycles. The highest BCUT2D eigenvalue weighted by molar-refractivity contribution is 5.98. The van der Waals surface area contributed by atoms with Gasteiger partial charge in [0, 0.05) is 28.5 Å². The number of aromatic hydroxyl groups is 1. The Balaban J connectivity index is 1.36. The van der Waals surface area contributed by atoms with Crippen LogP contribution in [-0.4, -0.2) is 19.6 Å². The number of rotatable bonds is 7. The van der Waals surface area contributed by atoms with Crippen LogP contribution in [-0.2, 0) is 21.7 Å². The summed E-state index contributed by atoms with van der Waals surface area (Å²) < 4.78 is 2.31. The number of imidazole rings is 1. The van der Waals surface area contributed by atoms with Crippen molar-refractivity contribution in [1.29, 1.82) is 0 Å². The van der Waals surface area contributed by atoms with Crippen molar-refractivity contribution in [3.63, 3.8) is 0 Å². The molecule has 348 valence electrons. The van der Waals surface area contributed by atoms with Crippen LogP contribution in [0.1, 0.15) is 111 Å². The Morgan fingerprint density at radius 1 is 0.420 bits per heavy atom. The molecule has 0 saturated carbocycles. The second-order valence-corrected chi connectivity index (χ2v) is 23.1. The number of hydrogen-bond acceptors (Lipinski definition) is 3. The molecule has 2 aromatic heterocycles. The van der Waals surface area contributed by atoms with Gasteiger partial charge in [0.15, 0.2) is 0 Å². The smallest absolute Gasteiger partial charge is 0.149 e. The largest absolute Gasteiger partial charge is 0.507 e. The molecule has 0 aliphatic rings. The first-order valence-electron chi connectivity index (χ1n) is 24.4. The molecular weight excluding hydrogens is 839 g/mol. The topological polar surface area (TPSA) is 50.9 Å². The molecule has 1 N–H and O–H groups in total. The lowest BCUT2D eigenvalue weighted by molar-refractivity contribution is 0.446. The number of benzene rings is 7. The Hall–Kier alpha value is -7.04. The van der Waals surface area contributed by atoms with Crippen molar-refractivity contribution in [2.24, 2.45) is 0 Å². The van der Waals surface area contributed by atoms with Gasteiger partial charge in [-0.05, 0) is 133 Å². The summed E-state index contributed by atoms with van der Waals surface area (Å²) in [7, 11) is 0. The van der Waals surface area contributed by atoms with E-state index in [-0.39, 0.29) is 27.4 Å². The van der Waals surface area contributed by atoms with E-state index in [1.54, 1.807) is 0 Å². The molecule has 0 unspecified atom stereocenters. The van der Waals surface area contributed by atoms with Crippen molar-refractivity contribution in [2.45, 2.75) is 112 Å². The second-order valence-electron chi connectivity index (χ2n) is 23.1. The van der Waals surface area contributed by atoms with Crippen LogP contribution in [0.3, 0.4) is 0 Å². The quantitative estimate of drug-likeness (QED) is 0.173. The molecule has 4 heteroatoms. The zero-order valence-electron chi connectivity index (χ0n) is 42.9. The van der Waals surface area contributed by atoms with Crippen molar-refractivity contribution in [3.8, 4) is 78.6 Å². The lowest BCUT2D eigenvalue weighted by Gasteiger charge is -2.28. The van der Waals surface area contributed by atoms with Crippen molar-refractivity contribution in [2.75, 3.05) is 0 Å². The predicted octanol–water partition coefficient (Wildman–Crippen LogP) is 17.6. The molecule has 0 radical (unpaired) electrons. The Bertz CT molecular complexity index is 3340. The van der Waals surface area contributed by atoms with Crippen molar-refractivity contribution < 1.29 is 5.11 Å². The van der Waals surface area contributed by atoms with Crippen LogP contribution in [0.2, 0.25) is 0 Å². The maximum absolute atomic E-state index is 12.7. The van der Waals surface area contributed by atoms with Gasteiger partial charge in [-0.1, -0.05) is 192 Å². The highest BCUT2D eigenvalue weighted by Crippen LogP contribution is 2.46. The van der Waals surface area contributed by atoms with E-state index in [9.17, 15) is 5.11 Å². The maximum atomic E-state index is 12.7. The molecule has 9 rings (SSSR count). The van der Waals surface area contributed by atoms with Crippen LogP contribution in [0.4, 0.5) is 0 Å². The highest BCUT2D eigenvalue weighted by Gasteiger charge is 2.30. The Labute approximate surface area is 410 Å². The predicted molar refractivity (Wildman–Crippen MR) is 293 cm³/mol. The van der Waals surface area contributed by atoms with Crippen LogP contribution < -0.4 is 0 Å². The van der Waals surface area contributed by atoms with E-state index >= 15 is 0 Å².